The zero-order valence-corrected chi connectivity index (χ0v) is 20.2. The van der Waals surface area contributed by atoms with Crippen LogP contribution in [-0.2, 0) is 0 Å². The summed E-state index contributed by atoms with van der Waals surface area (Å²) < 4.78 is 11.7. The number of nitrogen functional groups attached to an aromatic ring is 1. The van der Waals surface area contributed by atoms with Crippen molar-refractivity contribution in [2.45, 2.75) is 32.6 Å². The molecule has 0 saturated carbocycles. The van der Waals surface area contributed by atoms with Gasteiger partial charge in [0.1, 0.15) is 17.0 Å². The molecule has 3 heterocycles. The van der Waals surface area contributed by atoms with E-state index in [-0.39, 0.29) is 0 Å². The molecule has 1 saturated heterocycles. The highest BCUT2D eigenvalue weighted by molar-refractivity contribution is 7.16. The van der Waals surface area contributed by atoms with Crippen LogP contribution in [0.4, 0.5) is 22.3 Å². The molecule has 1 fully saturated rings. The monoisotopic (exact) mass is 479 g/mol. The average molecular weight is 480 g/mol. The number of aldehydes is 1. The molecule has 0 amide bonds. The van der Waals surface area contributed by atoms with Gasteiger partial charge in [-0.25, -0.2) is 4.98 Å². The number of piperazine rings is 1. The first-order valence-corrected chi connectivity index (χ1v) is 12.4. The Kier molecular flexibility index (Phi) is 6.30. The number of thiazole rings is 1. The Hall–Kier alpha value is -3.30. The van der Waals surface area contributed by atoms with Crippen molar-refractivity contribution in [3.63, 3.8) is 0 Å². The topological polar surface area (TPSA) is 93.0 Å². The number of nitrogens with one attached hydrogen (secondary N) is 1. The molecule has 8 nitrogen and oxygen atoms in total. The summed E-state index contributed by atoms with van der Waals surface area (Å²) in [6, 6.07) is 14.1. The number of carbonyl (C=O) groups excluding carboxylic acids is 1. The standard InChI is InChI=1S/C25H29N5O3S/c1-3-16(2)29-10-12-30(13-11-29)19-7-5-18(6-8-19)27-25-28-23(26)22(34-25)24-32-20-9-4-17(15-31)14-21(20)33-24/h4-9,14-16,24H,3,10-13,26H2,1-2H3,(H,27,28). The number of benzene rings is 2. The predicted molar refractivity (Wildman–Crippen MR) is 136 cm³/mol. The molecule has 5 rings (SSSR count). The summed E-state index contributed by atoms with van der Waals surface area (Å²) in [5.41, 5.74) is 8.86. The number of fused-ring (bicyclic) bond motifs is 1. The van der Waals surface area contributed by atoms with Crippen molar-refractivity contribution in [3.05, 3.63) is 52.9 Å². The predicted octanol–water partition coefficient (Wildman–Crippen LogP) is 4.67. The zero-order valence-electron chi connectivity index (χ0n) is 19.4. The first-order chi connectivity index (χ1) is 16.5. The van der Waals surface area contributed by atoms with Gasteiger partial charge in [0.2, 0.25) is 0 Å². The smallest absolute Gasteiger partial charge is 0.280 e. The first-order valence-electron chi connectivity index (χ1n) is 11.6. The molecule has 0 aliphatic carbocycles. The highest BCUT2D eigenvalue weighted by atomic mass is 32.1. The van der Waals surface area contributed by atoms with E-state index in [1.165, 1.54) is 23.4 Å². The molecular weight excluding hydrogens is 450 g/mol. The van der Waals surface area contributed by atoms with E-state index < -0.39 is 6.29 Å². The maximum absolute atomic E-state index is 11.0. The fourth-order valence-corrected chi connectivity index (χ4v) is 5.14. The van der Waals surface area contributed by atoms with E-state index in [4.69, 9.17) is 15.2 Å². The van der Waals surface area contributed by atoms with Gasteiger partial charge in [0.05, 0.1) is 0 Å². The average Bonchev–Trinajstić information content (AvgIpc) is 3.46. The maximum Gasteiger partial charge on any atom is 0.280 e. The number of ether oxygens (including phenoxy) is 2. The number of nitrogens with two attached hydrogens (primary N) is 1. The zero-order chi connectivity index (χ0) is 23.7. The van der Waals surface area contributed by atoms with Crippen LogP contribution in [0.25, 0.3) is 0 Å². The minimum atomic E-state index is -0.679. The van der Waals surface area contributed by atoms with Gasteiger partial charge in [-0.3, -0.25) is 9.69 Å². The largest absolute Gasteiger partial charge is 0.446 e. The van der Waals surface area contributed by atoms with Gasteiger partial charge in [-0.05, 0) is 55.8 Å². The van der Waals surface area contributed by atoms with Gasteiger partial charge in [-0.1, -0.05) is 18.3 Å². The van der Waals surface area contributed by atoms with Crippen molar-refractivity contribution in [1.29, 1.82) is 0 Å². The molecule has 34 heavy (non-hydrogen) atoms. The number of aromatic nitrogens is 1. The lowest BCUT2D eigenvalue weighted by Crippen LogP contribution is -2.49. The Morgan fingerprint density at radius 3 is 2.59 bits per heavy atom. The quantitative estimate of drug-likeness (QED) is 0.472. The van der Waals surface area contributed by atoms with Crippen molar-refractivity contribution in [2.24, 2.45) is 0 Å². The van der Waals surface area contributed by atoms with Crippen LogP contribution in [0.15, 0.2) is 42.5 Å². The third kappa shape index (κ3) is 4.53. The molecule has 2 aromatic carbocycles. The van der Waals surface area contributed by atoms with Gasteiger partial charge < -0.3 is 25.4 Å². The van der Waals surface area contributed by atoms with Crippen molar-refractivity contribution in [1.82, 2.24) is 9.88 Å². The third-order valence-electron chi connectivity index (χ3n) is 6.48. The van der Waals surface area contributed by atoms with Gasteiger partial charge >= 0.3 is 0 Å². The number of carbonyl (C=O) groups is 1. The minimum Gasteiger partial charge on any atom is -0.446 e. The fourth-order valence-electron chi connectivity index (χ4n) is 4.27. The van der Waals surface area contributed by atoms with Crippen LogP contribution >= 0.6 is 11.3 Å². The molecule has 2 aliphatic rings. The molecule has 0 bridgehead atoms. The van der Waals surface area contributed by atoms with Crippen LogP contribution in [0.5, 0.6) is 11.5 Å². The normalized spacial score (nSPS) is 18.6. The number of nitrogens with zero attached hydrogens (tertiary/aromatic N) is 3. The van der Waals surface area contributed by atoms with Gasteiger partial charge in [0.15, 0.2) is 16.6 Å². The lowest BCUT2D eigenvalue weighted by atomic mass is 10.1. The summed E-state index contributed by atoms with van der Waals surface area (Å²) in [5, 5.41) is 4.00. The lowest BCUT2D eigenvalue weighted by Gasteiger charge is -2.39. The Bertz CT molecular complexity index is 1160. The molecule has 3 N–H and O–H groups in total. The maximum atomic E-state index is 11.0. The van der Waals surface area contributed by atoms with E-state index in [0.717, 1.165) is 38.2 Å². The summed E-state index contributed by atoms with van der Waals surface area (Å²) >= 11 is 1.39. The van der Waals surface area contributed by atoms with Gasteiger partial charge in [-0.15, -0.1) is 0 Å². The van der Waals surface area contributed by atoms with Crippen molar-refractivity contribution >= 4 is 39.9 Å². The molecule has 9 heteroatoms. The molecule has 0 radical (unpaired) electrons. The number of hydrogen-bond donors (Lipinski definition) is 2. The summed E-state index contributed by atoms with van der Waals surface area (Å²) in [6.45, 7) is 8.84. The van der Waals surface area contributed by atoms with E-state index >= 15 is 0 Å². The summed E-state index contributed by atoms with van der Waals surface area (Å²) in [5.74, 6) is 1.47. The van der Waals surface area contributed by atoms with Gasteiger partial charge in [-0.2, -0.15) is 0 Å². The number of anilines is 4. The second-order valence-corrected chi connectivity index (χ2v) is 9.64. The summed E-state index contributed by atoms with van der Waals surface area (Å²) in [4.78, 5) is 21.1. The van der Waals surface area contributed by atoms with Gasteiger partial charge in [0, 0.05) is 49.2 Å². The van der Waals surface area contributed by atoms with E-state index in [0.29, 0.717) is 38.9 Å². The molecule has 3 aromatic rings. The van der Waals surface area contributed by atoms with E-state index in [9.17, 15) is 4.79 Å². The second kappa shape index (κ2) is 9.52. The molecule has 2 aliphatic heterocycles. The van der Waals surface area contributed by atoms with Crippen LogP contribution in [0, 0.1) is 0 Å². The molecule has 0 spiro atoms. The van der Waals surface area contributed by atoms with Crippen LogP contribution in [-0.4, -0.2) is 48.4 Å². The van der Waals surface area contributed by atoms with E-state index in [2.05, 4.69) is 58.2 Å². The second-order valence-electron chi connectivity index (χ2n) is 8.61. The van der Waals surface area contributed by atoms with Crippen molar-refractivity contribution in [2.75, 3.05) is 42.1 Å². The van der Waals surface area contributed by atoms with Crippen molar-refractivity contribution < 1.29 is 14.3 Å². The molecule has 2 unspecified atom stereocenters. The van der Waals surface area contributed by atoms with Gasteiger partial charge in [0.25, 0.3) is 6.29 Å². The summed E-state index contributed by atoms with van der Waals surface area (Å²) in [6.07, 6.45) is 1.29. The summed E-state index contributed by atoms with van der Waals surface area (Å²) in [7, 11) is 0. The highest BCUT2D eigenvalue weighted by Gasteiger charge is 2.30. The minimum absolute atomic E-state index is 0.358. The van der Waals surface area contributed by atoms with Crippen molar-refractivity contribution in [3.8, 4) is 11.5 Å². The van der Waals surface area contributed by atoms with Crippen LogP contribution < -0.4 is 25.4 Å². The Morgan fingerprint density at radius 1 is 1.15 bits per heavy atom. The molecule has 178 valence electrons. The SMILES string of the molecule is CCC(C)N1CCN(c2ccc(Nc3nc(N)c(C4Oc5ccc(C=O)cc5O4)s3)cc2)CC1. The van der Waals surface area contributed by atoms with Crippen LogP contribution in [0.3, 0.4) is 0 Å². The molecule has 2 atom stereocenters. The highest BCUT2D eigenvalue weighted by Crippen LogP contribution is 2.44. The molecular formula is C25H29N5O3S. The Balaban J connectivity index is 1.21. The fraction of sp³-hybridized carbons (Fsp3) is 0.360. The lowest BCUT2D eigenvalue weighted by molar-refractivity contribution is 0.0525. The number of rotatable bonds is 7. The van der Waals surface area contributed by atoms with Crippen LogP contribution in [0.2, 0.25) is 0 Å². The van der Waals surface area contributed by atoms with E-state index in [1.54, 1.807) is 18.2 Å². The molecule has 1 aromatic heterocycles. The van der Waals surface area contributed by atoms with E-state index in [1.807, 2.05) is 0 Å². The number of hydrogen-bond acceptors (Lipinski definition) is 9. The van der Waals surface area contributed by atoms with Crippen LogP contribution in [0.1, 0.15) is 41.8 Å². The Labute approximate surface area is 203 Å². The Morgan fingerprint density at radius 2 is 1.88 bits per heavy atom. The third-order valence-corrected chi connectivity index (χ3v) is 7.49. The first kappa shape index (κ1) is 22.5.